The molecule has 0 aromatic heterocycles. The van der Waals surface area contributed by atoms with Gasteiger partial charge in [0.25, 0.3) is 0 Å². The molecule has 0 atom stereocenters. The molecule has 0 saturated heterocycles. The summed E-state index contributed by atoms with van der Waals surface area (Å²) in [4.78, 5) is 0. The molecular formula is C21H12F9Si. The molecule has 0 unspecified atom stereocenters. The molecule has 1 radical (unpaired) electrons. The van der Waals surface area contributed by atoms with E-state index in [4.69, 9.17) is 0 Å². The molecule has 0 aliphatic carbocycles. The molecule has 3 rings (SSSR count). The van der Waals surface area contributed by atoms with Crippen LogP contribution in [0.15, 0.2) is 72.8 Å². The molecule has 0 bridgehead atoms. The van der Waals surface area contributed by atoms with Gasteiger partial charge in [0, 0.05) is 0 Å². The van der Waals surface area contributed by atoms with Crippen molar-refractivity contribution in [2.24, 2.45) is 0 Å². The van der Waals surface area contributed by atoms with Gasteiger partial charge in [0.15, 0.2) is 8.80 Å². The van der Waals surface area contributed by atoms with Crippen molar-refractivity contribution in [3.8, 4) is 0 Å². The Bertz CT molecular complexity index is 928. The number of benzene rings is 3. The molecule has 0 heterocycles. The van der Waals surface area contributed by atoms with Crippen molar-refractivity contribution in [3.63, 3.8) is 0 Å². The van der Waals surface area contributed by atoms with Crippen LogP contribution in [0.25, 0.3) is 0 Å². The van der Waals surface area contributed by atoms with Crippen LogP contribution in [0.4, 0.5) is 39.5 Å². The van der Waals surface area contributed by atoms with Crippen LogP contribution < -0.4 is 15.6 Å². The van der Waals surface area contributed by atoms with Gasteiger partial charge in [-0.15, -0.1) is 0 Å². The lowest BCUT2D eigenvalue weighted by Crippen LogP contribution is -2.57. The predicted molar refractivity (Wildman–Crippen MR) is 99.0 cm³/mol. The molecule has 3 aromatic rings. The number of halogens is 9. The summed E-state index contributed by atoms with van der Waals surface area (Å²) in [5.74, 6) is 0. The lowest BCUT2D eigenvalue weighted by atomic mass is 10.2. The largest absolute Gasteiger partial charge is 0.416 e. The maximum absolute atomic E-state index is 13.7. The highest BCUT2D eigenvalue weighted by molar-refractivity contribution is 6.96. The summed E-state index contributed by atoms with van der Waals surface area (Å²) in [5, 5.41) is -1.81. The summed E-state index contributed by atoms with van der Waals surface area (Å²) in [6, 6.07) is 11.4. The molecule has 31 heavy (non-hydrogen) atoms. The average molecular weight is 463 g/mol. The first-order chi connectivity index (χ1) is 14.3. The molecule has 10 heteroatoms. The van der Waals surface area contributed by atoms with Gasteiger partial charge >= 0.3 is 18.5 Å². The minimum Gasteiger partial charge on any atom is -0.166 e. The van der Waals surface area contributed by atoms with Crippen molar-refractivity contribution in [3.05, 3.63) is 89.5 Å². The van der Waals surface area contributed by atoms with Crippen LogP contribution in [-0.2, 0) is 18.5 Å². The second-order valence-corrected chi connectivity index (χ2v) is 8.87. The van der Waals surface area contributed by atoms with Gasteiger partial charge in [-0.3, -0.25) is 0 Å². The highest BCUT2D eigenvalue weighted by Gasteiger charge is 2.43. The zero-order valence-corrected chi connectivity index (χ0v) is 16.3. The van der Waals surface area contributed by atoms with E-state index < -0.39 is 59.6 Å². The van der Waals surface area contributed by atoms with E-state index >= 15 is 0 Å². The zero-order chi connectivity index (χ0) is 23.0. The lowest BCUT2D eigenvalue weighted by molar-refractivity contribution is -0.137. The Kier molecular flexibility index (Phi) is 5.96. The third kappa shape index (κ3) is 4.78. The fraction of sp³-hybridized carbons (Fsp3) is 0.143. The molecule has 0 N–H and O–H groups in total. The smallest absolute Gasteiger partial charge is 0.166 e. The average Bonchev–Trinajstić information content (AvgIpc) is 2.67. The Labute approximate surface area is 172 Å². The Morgan fingerprint density at radius 1 is 0.387 bits per heavy atom. The van der Waals surface area contributed by atoms with E-state index in [-0.39, 0.29) is 0 Å². The summed E-state index contributed by atoms with van der Waals surface area (Å²) in [5.41, 5.74) is -3.80. The fourth-order valence-corrected chi connectivity index (χ4v) is 6.42. The lowest BCUT2D eigenvalue weighted by Gasteiger charge is -2.26. The van der Waals surface area contributed by atoms with E-state index in [1.807, 2.05) is 0 Å². The maximum atomic E-state index is 13.7. The quantitative estimate of drug-likeness (QED) is 0.283. The molecular weight excluding hydrogens is 451 g/mol. The van der Waals surface area contributed by atoms with Gasteiger partial charge in [0.2, 0.25) is 0 Å². The topological polar surface area (TPSA) is 0 Å². The van der Waals surface area contributed by atoms with Gasteiger partial charge in [0.05, 0.1) is 16.7 Å². The number of alkyl halides is 9. The first-order valence-electron chi connectivity index (χ1n) is 8.68. The Balaban J connectivity index is 2.44. The summed E-state index contributed by atoms with van der Waals surface area (Å²) in [7, 11) is -3.37. The Morgan fingerprint density at radius 2 is 0.613 bits per heavy atom. The van der Waals surface area contributed by atoms with E-state index in [0.29, 0.717) is 18.2 Å². The maximum Gasteiger partial charge on any atom is 0.416 e. The van der Waals surface area contributed by atoms with Crippen molar-refractivity contribution in [1.82, 2.24) is 0 Å². The number of hydrogen-bond donors (Lipinski definition) is 0. The summed E-state index contributed by atoms with van der Waals surface area (Å²) in [6.45, 7) is 0. The monoisotopic (exact) mass is 463 g/mol. The van der Waals surface area contributed by atoms with Crippen molar-refractivity contribution < 1.29 is 39.5 Å². The minimum atomic E-state index is -4.97. The Hall–Kier alpha value is -2.75. The normalized spacial score (nSPS) is 13.0. The van der Waals surface area contributed by atoms with E-state index in [2.05, 4.69) is 0 Å². The van der Waals surface area contributed by atoms with Crippen molar-refractivity contribution in [2.75, 3.05) is 0 Å². The second kappa shape index (κ2) is 8.06. The molecule has 0 nitrogen and oxygen atoms in total. The van der Waals surface area contributed by atoms with Crippen LogP contribution >= 0.6 is 0 Å². The van der Waals surface area contributed by atoms with Gasteiger partial charge in [0.1, 0.15) is 0 Å². The van der Waals surface area contributed by atoms with E-state index in [1.165, 1.54) is 18.2 Å². The van der Waals surface area contributed by atoms with Crippen LogP contribution in [0.2, 0.25) is 0 Å². The SMILES string of the molecule is FC(F)(F)c1ccccc1[Si](c1ccccc1C(F)(F)F)c1ccccc1C(F)(F)F. The summed E-state index contributed by atoms with van der Waals surface area (Å²) in [6.07, 6.45) is -14.9. The summed E-state index contributed by atoms with van der Waals surface area (Å²) < 4.78 is 123. The highest BCUT2D eigenvalue weighted by Crippen LogP contribution is 2.32. The van der Waals surface area contributed by atoms with Crippen molar-refractivity contribution in [2.45, 2.75) is 18.5 Å². The standard InChI is InChI=1S/C21H12F9Si/c22-19(23,24)13-7-1-4-10-16(13)31(17-11-5-2-8-14(17)20(25,26)27)18-12-6-3-9-15(18)21(28,29)30/h1-12H. The van der Waals surface area contributed by atoms with Gasteiger partial charge in [-0.2, -0.15) is 39.5 Å². The zero-order valence-electron chi connectivity index (χ0n) is 15.3. The van der Waals surface area contributed by atoms with E-state index in [1.54, 1.807) is 0 Å². The van der Waals surface area contributed by atoms with Crippen LogP contribution in [0.3, 0.4) is 0 Å². The Morgan fingerprint density at radius 3 is 0.839 bits per heavy atom. The second-order valence-electron chi connectivity index (χ2n) is 6.51. The van der Waals surface area contributed by atoms with Gasteiger partial charge in [-0.05, 0) is 15.6 Å². The molecule has 0 spiro atoms. The molecule has 0 aliphatic heterocycles. The van der Waals surface area contributed by atoms with Gasteiger partial charge in [-0.1, -0.05) is 72.8 Å². The third-order valence-corrected chi connectivity index (χ3v) is 7.43. The molecule has 0 saturated carbocycles. The first kappa shape index (κ1) is 22.9. The highest BCUT2D eigenvalue weighted by atomic mass is 28.3. The fourth-order valence-electron chi connectivity index (χ4n) is 3.28. The first-order valence-corrected chi connectivity index (χ1v) is 10.2. The van der Waals surface area contributed by atoms with Crippen molar-refractivity contribution in [1.29, 1.82) is 0 Å². The van der Waals surface area contributed by atoms with Crippen LogP contribution in [0, 0.1) is 0 Å². The minimum absolute atomic E-state index is 0.603. The van der Waals surface area contributed by atoms with E-state index in [0.717, 1.165) is 36.4 Å². The molecule has 0 aliphatic rings. The molecule has 0 fully saturated rings. The van der Waals surface area contributed by atoms with Crippen LogP contribution in [0.1, 0.15) is 16.7 Å². The van der Waals surface area contributed by atoms with Gasteiger partial charge in [-0.25, -0.2) is 0 Å². The summed E-state index contributed by atoms with van der Waals surface area (Å²) >= 11 is 0. The number of rotatable bonds is 3. The van der Waals surface area contributed by atoms with Crippen LogP contribution in [-0.4, -0.2) is 8.80 Å². The molecule has 0 amide bonds. The predicted octanol–water partition coefficient (Wildman–Crippen LogP) is 5.26. The number of hydrogen-bond acceptors (Lipinski definition) is 0. The molecule has 3 aromatic carbocycles. The van der Waals surface area contributed by atoms with Crippen LogP contribution in [0.5, 0.6) is 0 Å². The van der Waals surface area contributed by atoms with Gasteiger partial charge < -0.3 is 0 Å². The molecule has 163 valence electrons. The van der Waals surface area contributed by atoms with E-state index in [9.17, 15) is 39.5 Å². The van der Waals surface area contributed by atoms with Crippen molar-refractivity contribution >= 4 is 24.4 Å². The third-order valence-electron chi connectivity index (χ3n) is 4.51.